The van der Waals surface area contributed by atoms with Crippen molar-refractivity contribution in [3.05, 3.63) is 12.7 Å². The fourth-order valence-corrected chi connectivity index (χ4v) is 2.14. The fourth-order valence-electron chi connectivity index (χ4n) is 2.14. The van der Waals surface area contributed by atoms with Gasteiger partial charge in [-0.15, -0.1) is 0 Å². The van der Waals surface area contributed by atoms with Crippen molar-refractivity contribution < 1.29 is 18.4 Å². The number of nitrogens with zero attached hydrogens (tertiary/aromatic N) is 2. The SMILES string of the molecule is C=CC(=O)N(CC)CC(=O)N1CCC(C(F)F)CC1. The summed E-state index contributed by atoms with van der Waals surface area (Å²) in [5.41, 5.74) is 0. The summed E-state index contributed by atoms with van der Waals surface area (Å²) in [7, 11) is 0. The molecule has 1 saturated heterocycles. The van der Waals surface area contributed by atoms with Crippen molar-refractivity contribution in [1.29, 1.82) is 0 Å². The van der Waals surface area contributed by atoms with Crippen molar-refractivity contribution in [2.75, 3.05) is 26.2 Å². The van der Waals surface area contributed by atoms with E-state index in [-0.39, 0.29) is 18.4 Å². The molecule has 1 fully saturated rings. The zero-order valence-corrected chi connectivity index (χ0v) is 11.1. The van der Waals surface area contributed by atoms with Crippen LogP contribution in [0.25, 0.3) is 0 Å². The number of hydrogen-bond acceptors (Lipinski definition) is 2. The highest BCUT2D eigenvalue weighted by Gasteiger charge is 2.28. The molecule has 6 heteroatoms. The number of alkyl halides is 2. The molecule has 0 aromatic rings. The maximum absolute atomic E-state index is 12.5. The highest BCUT2D eigenvalue weighted by atomic mass is 19.3. The number of likely N-dealkylation sites (tertiary alicyclic amines) is 1. The Morgan fingerprint density at radius 2 is 2.00 bits per heavy atom. The Hall–Kier alpha value is -1.46. The van der Waals surface area contributed by atoms with Crippen molar-refractivity contribution >= 4 is 11.8 Å². The third kappa shape index (κ3) is 4.29. The molecule has 4 nitrogen and oxygen atoms in total. The topological polar surface area (TPSA) is 40.6 Å². The Bertz CT molecular complexity index is 340. The minimum atomic E-state index is -2.31. The number of amides is 2. The lowest BCUT2D eigenvalue weighted by Crippen LogP contribution is -2.46. The third-order valence-electron chi connectivity index (χ3n) is 3.44. The van der Waals surface area contributed by atoms with Gasteiger partial charge in [-0.1, -0.05) is 6.58 Å². The molecule has 1 aliphatic heterocycles. The molecule has 0 radical (unpaired) electrons. The molecule has 0 aliphatic carbocycles. The van der Waals surface area contributed by atoms with E-state index in [1.165, 1.54) is 11.0 Å². The maximum Gasteiger partial charge on any atom is 0.246 e. The molecular formula is C13H20F2N2O2. The molecule has 108 valence electrons. The van der Waals surface area contributed by atoms with Gasteiger partial charge in [0.2, 0.25) is 18.2 Å². The Labute approximate surface area is 112 Å². The first-order chi connectivity index (χ1) is 8.99. The summed E-state index contributed by atoms with van der Waals surface area (Å²) in [6.07, 6.45) is -0.498. The van der Waals surface area contributed by atoms with Crippen LogP contribution in [-0.4, -0.2) is 54.2 Å². The second-order valence-corrected chi connectivity index (χ2v) is 4.61. The minimum absolute atomic E-state index is 0.0132. The lowest BCUT2D eigenvalue weighted by atomic mass is 9.97. The van der Waals surface area contributed by atoms with E-state index in [0.29, 0.717) is 32.5 Å². The van der Waals surface area contributed by atoms with E-state index in [9.17, 15) is 18.4 Å². The molecule has 1 heterocycles. The molecule has 19 heavy (non-hydrogen) atoms. The predicted octanol–water partition coefficient (Wildman–Crippen LogP) is 1.52. The number of likely N-dealkylation sites (N-methyl/N-ethyl adjacent to an activating group) is 1. The van der Waals surface area contributed by atoms with E-state index in [1.54, 1.807) is 11.8 Å². The number of rotatable bonds is 5. The summed E-state index contributed by atoms with van der Waals surface area (Å²) in [5.74, 6) is -1.09. The average Bonchev–Trinajstić information content (AvgIpc) is 2.43. The average molecular weight is 274 g/mol. The smallest absolute Gasteiger partial charge is 0.246 e. The fraction of sp³-hybridized carbons (Fsp3) is 0.692. The van der Waals surface area contributed by atoms with Crippen molar-refractivity contribution in [1.82, 2.24) is 9.80 Å². The van der Waals surface area contributed by atoms with Gasteiger partial charge in [-0.2, -0.15) is 0 Å². The Kier molecular flexibility index (Phi) is 5.92. The van der Waals surface area contributed by atoms with Crippen LogP contribution >= 0.6 is 0 Å². The van der Waals surface area contributed by atoms with Crippen LogP contribution in [0.2, 0.25) is 0 Å². The first kappa shape index (κ1) is 15.6. The number of halogens is 2. The van der Waals surface area contributed by atoms with E-state index in [2.05, 4.69) is 6.58 Å². The van der Waals surface area contributed by atoms with E-state index < -0.39 is 12.3 Å². The van der Waals surface area contributed by atoms with Gasteiger partial charge in [0.1, 0.15) is 0 Å². The van der Waals surface area contributed by atoms with Crippen molar-refractivity contribution in [2.24, 2.45) is 5.92 Å². The van der Waals surface area contributed by atoms with Gasteiger partial charge >= 0.3 is 0 Å². The van der Waals surface area contributed by atoms with Crippen LogP contribution in [0.5, 0.6) is 0 Å². The largest absolute Gasteiger partial charge is 0.341 e. The molecule has 0 spiro atoms. The van der Waals surface area contributed by atoms with Crippen LogP contribution in [0.3, 0.4) is 0 Å². The van der Waals surface area contributed by atoms with Crippen LogP contribution in [0.15, 0.2) is 12.7 Å². The first-order valence-electron chi connectivity index (χ1n) is 6.46. The standard InChI is InChI=1S/C13H20F2N2O2/c1-3-11(18)16(4-2)9-12(19)17-7-5-10(6-8-17)13(14)15/h3,10,13H,1,4-9H2,2H3. The maximum atomic E-state index is 12.5. The monoisotopic (exact) mass is 274 g/mol. The summed E-state index contributed by atoms with van der Waals surface area (Å²) in [5, 5.41) is 0. The number of hydrogen-bond donors (Lipinski definition) is 0. The second kappa shape index (κ2) is 7.21. The van der Waals surface area contributed by atoms with E-state index in [4.69, 9.17) is 0 Å². The van der Waals surface area contributed by atoms with Gasteiger partial charge in [-0.25, -0.2) is 8.78 Å². The van der Waals surface area contributed by atoms with Crippen molar-refractivity contribution in [3.63, 3.8) is 0 Å². The highest BCUT2D eigenvalue weighted by molar-refractivity contribution is 5.90. The molecule has 0 aromatic heterocycles. The van der Waals surface area contributed by atoms with Gasteiger partial charge < -0.3 is 9.80 Å². The van der Waals surface area contributed by atoms with Crippen LogP contribution < -0.4 is 0 Å². The predicted molar refractivity (Wildman–Crippen MR) is 67.8 cm³/mol. The molecule has 0 saturated carbocycles. The van der Waals surface area contributed by atoms with Crippen LogP contribution in [0.1, 0.15) is 19.8 Å². The number of carbonyl (C=O) groups is 2. The summed E-state index contributed by atoms with van der Waals surface area (Å²) >= 11 is 0. The van der Waals surface area contributed by atoms with Gasteiger partial charge in [0.25, 0.3) is 0 Å². The molecule has 0 bridgehead atoms. The Balaban J connectivity index is 2.47. The molecule has 0 atom stereocenters. The molecule has 0 unspecified atom stereocenters. The van der Waals surface area contributed by atoms with Gasteiger partial charge in [0.05, 0.1) is 6.54 Å². The van der Waals surface area contributed by atoms with Gasteiger partial charge in [-0.3, -0.25) is 9.59 Å². The van der Waals surface area contributed by atoms with Gasteiger partial charge in [-0.05, 0) is 25.8 Å². The normalized spacial score (nSPS) is 16.5. The molecule has 2 amide bonds. The van der Waals surface area contributed by atoms with Crippen LogP contribution in [-0.2, 0) is 9.59 Å². The quantitative estimate of drug-likeness (QED) is 0.713. The number of carbonyl (C=O) groups excluding carboxylic acids is 2. The lowest BCUT2D eigenvalue weighted by Gasteiger charge is -2.33. The Morgan fingerprint density at radius 3 is 2.42 bits per heavy atom. The summed E-state index contributed by atoms with van der Waals surface area (Å²) in [6.45, 7) is 6.24. The molecular weight excluding hydrogens is 254 g/mol. The molecule has 0 aromatic carbocycles. The van der Waals surface area contributed by atoms with Crippen LogP contribution in [0, 0.1) is 5.92 Å². The molecule has 1 aliphatic rings. The van der Waals surface area contributed by atoms with E-state index in [1.807, 2.05) is 0 Å². The summed E-state index contributed by atoms with van der Waals surface area (Å²) < 4.78 is 25.0. The first-order valence-corrected chi connectivity index (χ1v) is 6.46. The number of piperidine rings is 1. The van der Waals surface area contributed by atoms with Crippen molar-refractivity contribution in [2.45, 2.75) is 26.2 Å². The third-order valence-corrected chi connectivity index (χ3v) is 3.44. The summed E-state index contributed by atoms with van der Waals surface area (Å²) in [4.78, 5) is 26.4. The second-order valence-electron chi connectivity index (χ2n) is 4.61. The van der Waals surface area contributed by atoms with Gasteiger partial charge in [0, 0.05) is 25.6 Å². The molecule has 1 rings (SSSR count). The van der Waals surface area contributed by atoms with E-state index in [0.717, 1.165) is 0 Å². The molecule has 0 N–H and O–H groups in total. The zero-order chi connectivity index (χ0) is 14.4. The minimum Gasteiger partial charge on any atom is -0.341 e. The van der Waals surface area contributed by atoms with Crippen molar-refractivity contribution in [3.8, 4) is 0 Å². The lowest BCUT2D eigenvalue weighted by molar-refractivity contribution is -0.139. The highest BCUT2D eigenvalue weighted by Crippen LogP contribution is 2.23. The Morgan fingerprint density at radius 1 is 1.42 bits per heavy atom. The van der Waals surface area contributed by atoms with Gasteiger partial charge in [0.15, 0.2) is 0 Å². The summed E-state index contributed by atoms with van der Waals surface area (Å²) in [6, 6.07) is 0. The van der Waals surface area contributed by atoms with E-state index >= 15 is 0 Å². The zero-order valence-electron chi connectivity index (χ0n) is 11.1. The van der Waals surface area contributed by atoms with Crippen LogP contribution in [0.4, 0.5) is 8.78 Å².